The minimum Gasteiger partial charge on any atom is -0.329 e. The summed E-state index contributed by atoms with van der Waals surface area (Å²) in [4.78, 5) is 11.4. The molecule has 0 saturated carbocycles. The summed E-state index contributed by atoms with van der Waals surface area (Å²) < 4.78 is 1.56. The number of pyridine rings is 1. The highest BCUT2D eigenvalue weighted by atomic mass is 16.1. The molecule has 3 N–H and O–H groups in total. The second-order valence-electron chi connectivity index (χ2n) is 4.45. The Morgan fingerprint density at radius 2 is 2.19 bits per heavy atom. The van der Waals surface area contributed by atoms with Crippen LogP contribution in [-0.2, 0) is 13.6 Å². The Kier molecular flexibility index (Phi) is 4.71. The van der Waals surface area contributed by atoms with Gasteiger partial charge >= 0.3 is 0 Å². The third kappa shape index (κ3) is 3.47. The number of hydrogen-bond acceptors (Lipinski definition) is 3. The first-order valence-electron chi connectivity index (χ1n) is 5.63. The molecule has 1 atom stereocenters. The van der Waals surface area contributed by atoms with Crippen molar-refractivity contribution in [1.29, 1.82) is 0 Å². The van der Waals surface area contributed by atoms with E-state index in [9.17, 15) is 4.79 Å². The van der Waals surface area contributed by atoms with E-state index in [1.54, 1.807) is 23.9 Å². The van der Waals surface area contributed by atoms with E-state index in [1.165, 1.54) is 0 Å². The zero-order valence-corrected chi connectivity index (χ0v) is 10.2. The fourth-order valence-electron chi connectivity index (χ4n) is 1.54. The lowest BCUT2D eigenvalue weighted by Crippen LogP contribution is -2.39. The lowest BCUT2D eigenvalue weighted by Gasteiger charge is -2.20. The molecule has 0 radical (unpaired) electrons. The quantitative estimate of drug-likeness (QED) is 0.762. The van der Waals surface area contributed by atoms with Crippen molar-refractivity contribution in [2.45, 2.75) is 26.4 Å². The van der Waals surface area contributed by atoms with Crippen molar-refractivity contribution < 1.29 is 0 Å². The molecule has 1 aromatic rings. The number of nitrogens with two attached hydrogens (primary N) is 1. The van der Waals surface area contributed by atoms with Crippen LogP contribution in [0, 0.1) is 5.92 Å². The highest BCUT2D eigenvalue weighted by Crippen LogP contribution is 2.01. The Labute approximate surface area is 96.5 Å². The molecule has 0 aromatic carbocycles. The van der Waals surface area contributed by atoms with E-state index in [0.717, 1.165) is 5.56 Å². The first-order valence-corrected chi connectivity index (χ1v) is 5.63. The van der Waals surface area contributed by atoms with E-state index < -0.39 is 0 Å². The fourth-order valence-corrected chi connectivity index (χ4v) is 1.54. The molecule has 0 amide bonds. The summed E-state index contributed by atoms with van der Waals surface area (Å²) >= 11 is 0. The highest BCUT2D eigenvalue weighted by molar-refractivity contribution is 5.10. The number of nitrogens with zero attached hydrogens (tertiary/aromatic N) is 1. The average molecular weight is 223 g/mol. The molecule has 0 bridgehead atoms. The van der Waals surface area contributed by atoms with E-state index in [2.05, 4.69) is 19.2 Å². The molecule has 0 fully saturated rings. The zero-order chi connectivity index (χ0) is 12.1. The molecule has 0 aliphatic rings. The average Bonchev–Trinajstić information content (AvgIpc) is 2.23. The molecule has 90 valence electrons. The van der Waals surface area contributed by atoms with Crippen molar-refractivity contribution in [3.8, 4) is 0 Å². The van der Waals surface area contributed by atoms with Crippen LogP contribution < -0.4 is 16.6 Å². The van der Waals surface area contributed by atoms with Gasteiger partial charge in [0.2, 0.25) is 0 Å². The van der Waals surface area contributed by atoms with Crippen molar-refractivity contribution >= 4 is 0 Å². The molecule has 4 nitrogen and oxygen atoms in total. The summed E-state index contributed by atoms with van der Waals surface area (Å²) in [6, 6.07) is 3.90. The van der Waals surface area contributed by atoms with Crippen molar-refractivity contribution in [3.63, 3.8) is 0 Å². The van der Waals surface area contributed by atoms with Gasteiger partial charge in [-0.15, -0.1) is 0 Å². The van der Waals surface area contributed by atoms with Crippen LogP contribution in [0.4, 0.5) is 0 Å². The van der Waals surface area contributed by atoms with Crippen molar-refractivity contribution in [1.82, 2.24) is 9.88 Å². The molecule has 0 spiro atoms. The van der Waals surface area contributed by atoms with Gasteiger partial charge < -0.3 is 15.6 Å². The van der Waals surface area contributed by atoms with Crippen LogP contribution in [0.5, 0.6) is 0 Å². The standard InChI is InChI=1S/C12H21N3O/c1-9(2)11(7-13)14-8-10-4-5-15(3)12(16)6-10/h4-6,9,11,14H,7-8,13H2,1-3H3. The molecule has 16 heavy (non-hydrogen) atoms. The Morgan fingerprint density at radius 1 is 1.50 bits per heavy atom. The van der Waals surface area contributed by atoms with Gasteiger partial charge in [-0.25, -0.2) is 0 Å². The predicted molar refractivity (Wildman–Crippen MR) is 66.2 cm³/mol. The summed E-state index contributed by atoms with van der Waals surface area (Å²) in [5.74, 6) is 0.497. The van der Waals surface area contributed by atoms with Crippen molar-refractivity contribution in [2.24, 2.45) is 18.7 Å². The van der Waals surface area contributed by atoms with Gasteiger partial charge in [0.05, 0.1) is 0 Å². The molecule has 0 aliphatic heterocycles. The monoisotopic (exact) mass is 223 g/mol. The van der Waals surface area contributed by atoms with Crippen molar-refractivity contribution in [3.05, 3.63) is 34.2 Å². The van der Waals surface area contributed by atoms with E-state index in [-0.39, 0.29) is 5.56 Å². The van der Waals surface area contributed by atoms with Crippen LogP contribution in [0.3, 0.4) is 0 Å². The predicted octanol–water partition coefficient (Wildman–Crippen LogP) is 0.458. The smallest absolute Gasteiger partial charge is 0.250 e. The Hall–Kier alpha value is -1.13. The van der Waals surface area contributed by atoms with Crippen LogP contribution in [0.1, 0.15) is 19.4 Å². The van der Waals surface area contributed by atoms with Crippen LogP contribution in [0.2, 0.25) is 0 Å². The number of hydrogen-bond donors (Lipinski definition) is 2. The van der Waals surface area contributed by atoms with E-state index in [1.807, 2.05) is 6.07 Å². The van der Waals surface area contributed by atoms with E-state index in [4.69, 9.17) is 5.73 Å². The van der Waals surface area contributed by atoms with Crippen LogP contribution >= 0.6 is 0 Å². The molecule has 1 rings (SSSR count). The van der Waals surface area contributed by atoms with Crippen LogP contribution in [0.25, 0.3) is 0 Å². The molecule has 0 aliphatic carbocycles. The van der Waals surface area contributed by atoms with Gasteiger partial charge in [-0.1, -0.05) is 13.8 Å². The van der Waals surface area contributed by atoms with Crippen LogP contribution in [-0.4, -0.2) is 17.2 Å². The molecular weight excluding hydrogens is 202 g/mol. The maximum absolute atomic E-state index is 11.4. The summed E-state index contributed by atoms with van der Waals surface area (Å²) in [5, 5.41) is 3.36. The second-order valence-corrected chi connectivity index (χ2v) is 4.45. The van der Waals surface area contributed by atoms with Gasteiger partial charge in [-0.2, -0.15) is 0 Å². The van der Waals surface area contributed by atoms with E-state index in [0.29, 0.717) is 25.0 Å². The Bertz CT molecular complexity index is 384. The van der Waals surface area contributed by atoms with Crippen LogP contribution in [0.15, 0.2) is 23.1 Å². The van der Waals surface area contributed by atoms with Gasteiger partial charge in [-0.05, 0) is 17.5 Å². The number of aryl methyl sites for hydroxylation is 1. The highest BCUT2D eigenvalue weighted by Gasteiger charge is 2.10. The number of nitrogens with one attached hydrogen (secondary N) is 1. The maximum atomic E-state index is 11.4. The third-order valence-corrected chi connectivity index (χ3v) is 2.80. The van der Waals surface area contributed by atoms with E-state index >= 15 is 0 Å². The first-order chi connectivity index (χ1) is 7.54. The summed E-state index contributed by atoms with van der Waals surface area (Å²) in [6.07, 6.45) is 1.78. The summed E-state index contributed by atoms with van der Waals surface area (Å²) in [6.45, 7) is 5.57. The SMILES string of the molecule is CC(C)C(CN)NCc1ccn(C)c(=O)c1. The fraction of sp³-hybridized carbons (Fsp3) is 0.583. The maximum Gasteiger partial charge on any atom is 0.250 e. The minimum absolute atomic E-state index is 0.0214. The van der Waals surface area contributed by atoms with Gasteiger partial charge in [0.1, 0.15) is 0 Å². The van der Waals surface area contributed by atoms with Gasteiger partial charge in [-0.3, -0.25) is 4.79 Å². The largest absolute Gasteiger partial charge is 0.329 e. The molecule has 1 heterocycles. The molecule has 1 aromatic heterocycles. The normalized spacial score (nSPS) is 13.1. The minimum atomic E-state index is 0.0214. The summed E-state index contributed by atoms with van der Waals surface area (Å²) in [5.41, 5.74) is 6.69. The topological polar surface area (TPSA) is 60.0 Å². The van der Waals surface area contributed by atoms with Gasteiger partial charge in [0, 0.05) is 38.4 Å². The molecule has 1 unspecified atom stereocenters. The lowest BCUT2D eigenvalue weighted by atomic mass is 10.0. The Balaban J connectivity index is 2.60. The Morgan fingerprint density at radius 3 is 2.69 bits per heavy atom. The number of rotatable bonds is 5. The lowest BCUT2D eigenvalue weighted by molar-refractivity contribution is 0.405. The van der Waals surface area contributed by atoms with Gasteiger partial charge in [0.25, 0.3) is 5.56 Å². The summed E-state index contributed by atoms with van der Waals surface area (Å²) in [7, 11) is 1.75. The van der Waals surface area contributed by atoms with Gasteiger partial charge in [0.15, 0.2) is 0 Å². The molecular formula is C12H21N3O. The zero-order valence-electron chi connectivity index (χ0n) is 10.2. The molecule has 0 saturated heterocycles. The third-order valence-electron chi connectivity index (χ3n) is 2.80. The molecule has 4 heteroatoms. The second kappa shape index (κ2) is 5.82. The first kappa shape index (κ1) is 12.9. The number of aromatic nitrogens is 1. The van der Waals surface area contributed by atoms with Crippen molar-refractivity contribution in [2.75, 3.05) is 6.54 Å².